The number of amides is 1. The van der Waals surface area contributed by atoms with Gasteiger partial charge in [0.2, 0.25) is 5.91 Å². The summed E-state index contributed by atoms with van der Waals surface area (Å²) in [6.45, 7) is 1.14. The predicted octanol–water partition coefficient (Wildman–Crippen LogP) is 4.28. The number of ether oxygens (including phenoxy) is 2. The molecule has 0 heterocycles. The van der Waals surface area contributed by atoms with Crippen LogP contribution in [0.3, 0.4) is 0 Å². The third-order valence-electron chi connectivity index (χ3n) is 5.06. The van der Waals surface area contributed by atoms with Gasteiger partial charge in [-0.25, -0.2) is 13.2 Å². The molecule has 0 aliphatic carbocycles. The highest BCUT2D eigenvalue weighted by Gasteiger charge is 2.27. The maximum absolute atomic E-state index is 13.5. The Hall–Kier alpha value is -3.56. The molecule has 0 saturated carbocycles. The van der Waals surface area contributed by atoms with Crippen LogP contribution in [0.25, 0.3) is 0 Å². The molecule has 0 aliphatic heterocycles. The summed E-state index contributed by atoms with van der Waals surface area (Å²) in [6, 6.07) is 16.7. The van der Waals surface area contributed by atoms with Crippen molar-refractivity contribution in [1.29, 1.82) is 0 Å². The number of rotatable bonds is 8. The maximum atomic E-state index is 13.5. The minimum Gasteiger partial charge on any atom is -0.497 e. The average Bonchev–Trinajstić information content (AvgIpc) is 2.84. The van der Waals surface area contributed by atoms with E-state index in [1.165, 1.54) is 62.8 Å². The van der Waals surface area contributed by atoms with E-state index >= 15 is 0 Å². The molecule has 10 heteroatoms. The topological polar surface area (TPSA) is 102 Å². The first-order valence-corrected chi connectivity index (χ1v) is 11.9. The number of esters is 1. The van der Waals surface area contributed by atoms with Gasteiger partial charge in [0.15, 0.2) is 0 Å². The number of nitrogens with zero attached hydrogens (tertiary/aromatic N) is 1. The molecule has 34 heavy (non-hydrogen) atoms. The van der Waals surface area contributed by atoms with Gasteiger partial charge in [0.05, 0.1) is 30.4 Å². The van der Waals surface area contributed by atoms with Crippen LogP contribution in [-0.2, 0) is 19.6 Å². The fourth-order valence-corrected chi connectivity index (χ4v) is 4.77. The highest BCUT2D eigenvalue weighted by molar-refractivity contribution is 7.92. The molecule has 0 saturated heterocycles. The highest BCUT2D eigenvalue weighted by Crippen LogP contribution is 2.27. The average molecular weight is 503 g/mol. The Balaban J connectivity index is 1.94. The second-order valence-electron chi connectivity index (χ2n) is 7.18. The molecule has 178 valence electrons. The van der Waals surface area contributed by atoms with Gasteiger partial charge in [-0.15, -0.1) is 0 Å². The minimum absolute atomic E-state index is 0.0140. The van der Waals surface area contributed by atoms with Crippen molar-refractivity contribution in [2.75, 3.05) is 30.4 Å². The Labute approximate surface area is 203 Å². The molecule has 1 amide bonds. The predicted molar refractivity (Wildman–Crippen MR) is 130 cm³/mol. The Morgan fingerprint density at radius 3 is 2.21 bits per heavy atom. The lowest BCUT2D eigenvalue weighted by atomic mass is 10.1. The summed E-state index contributed by atoms with van der Waals surface area (Å²) in [4.78, 5) is 24.9. The number of hydrogen-bond acceptors (Lipinski definition) is 6. The van der Waals surface area contributed by atoms with E-state index in [0.29, 0.717) is 27.6 Å². The quantitative estimate of drug-likeness (QED) is 0.461. The summed E-state index contributed by atoms with van der Waals surface area (Å²) >= 11 is 5.96. The van der Waals surface area contributed by atoms with Gasteiger partial charge < -0.3 is 14.8 Å². The van der Waals surface area contributed by atoms with E-state index in [4.69, 9.17) is 21.1 Å². The molecule has 0 atom stereocenters. The van der Waals surface area contributed by atoms with Gasteiger partial charge in [0.1, 0.15) is 12.3 Å². The summed E-state index contributed by atoms with van der Waals surface area (Å²) < 4.78 is 37.8. The molecular formula is C24H23ClN2O6S. The third kappa shape index (κ3) is 5.49. The van der Waals surface area contributed by atoms with Crippen molar-refractivity contribution in [2.24, 2.45) is 0 Å². The van der Waals surface area contributed by atoms with Crippen molar-refractivity contribution in [3.8, 4) is 5.75 Å². The smallest absolute Gasteiger partial charge is 0.338 e. The number of carbonyl (C=O) groups excluding carboxylic acids is 2. The summed E-state index contributed by atoms with van der Waals surface area (Å²) in [6.07, 6.45) is 0. The van der Waals surface area contributed by atoms with Crippen LogP contribution in [0.5, 0.6) is 5.75 Å². The molecule has 3 aromatic rings. The number of methoxy groups -OCH3 is 2. The number of carbonyl (C=O) groups is 2. The Bertz CT molecular complexity index is 1290. The van der Waals surface area contributed by atoms with Crippen molar-refractivity contribution < 1.29 is 27.5 Å². The van der Waals surface area contributed by atoms with Gasteiger partial charge in [0, 0.05) is 10.7 Å². The lowest BCUT2D eigenvalue weighted by Gasteiger charge is -2.24. The summed E-state index contributed by atoms with van der Waals surface area (Å²) in [7, 11) is -1.37. The van der Waals surface area contributed by atoms with Crippen LogP contribution in [-0.4, -0.2) is 41.1 Å². The van der Waals surface area contributed by atoms with Gasteiger partial charge >= 0.3 is 5.97 Å². The zero-order valence-corrected chi connectivity index (χ0v) is 20.3. The van der Waals surface area contributed by atoms with Crippen LogP contribution >= 0.6 is 11.6 Å². The van der Waals surface area contributed by atoms with Crippen LogP contribution in [0.4, 0.5) is 11.4 Å². The first-order valence-electron chi connectivity index (χ1n) is 10.1. The molecule has 0 aliphatic rings. The number of hydrogen-bond donors (Lipinski definition) is 1. The molecule has 0 spiro atoms. The van der Waals surface area contributed by atoms with Crippen LogP contribution in [0.2, 0.25) is 5.02 Å². The van der Waals surface area contributed by atoms with Crippen LogP contribution < -0.4 is 14.4 Å². The summed E-state index contributed by atoms with van der Waals surface area (Å²) in [5, 5.41) is 3.11. The van der Waals surface area contributed by atoms with E-state index in [1.807, 2.05) is 0 Å². The van der Waals surface area contributed by atoms with Gasteiger partial charge in [-0.2, -0.15) is 0 Å². The van der Waals surface area contributed by atoms with Gasteiger partial charge in [0.25, 0.3) is 10.0 Å². The van der Waals surface area contributed by atoms with Crippen molar-refractivity contribution in [2.45, 2.75) is 11.8 Å². The number of benzene rings is 3. The monoisotopic (exact) mass is 502 g/mol. The SMILES string of the molecule is COC(=O)c1cccc(NC(=O)CN(c2ccc(Cl)cc2)S(=O)(=O)c2ccc(OC)cc2)c1C. The van der Waals surface area contributed by atoms with E-state index < -0.39 is 28.4 Å². The normalized spacial score (nSPS) is 10.9. The Morgan fingerprint density at radius 2 is 1.62 bits per heavy atom. The molecule has 0 aromatic heterocycles. The molecule has 1 N–H and O–H groups in total. The molecule has 3 aromatic carbocycles. The summed E-state index contributed by atoms with van der Waals surface area (Å²) in [5.41, 5.74) is 1.42. The van der Waals surface area contributed by atoms with Crippen molar-refractivity contribution >= 4 is 44.9 Å². The number of nitrogens with one attached hydrogen (secondary N) is 1. The molecule has 0 radical (unpaired) electrons. The number of halogens is 1. The zero-order chi connectivity index (χ0) is 24.9. The van der Waals surface area contributed by atoms with E-state index in [0.717, 1.165) is 4.31 Å². The standard InChI is InChI=1S/C24H23ClN2O6S/c1-16-21(24(29)33-3)5-4-6-22(16)26-23(28)15-27(18-9-7-17(25)8-10-18)34(30,31)20-13-11-19(32-2)12-14-20/h4-14H,15H2,1-3H3,(H,26,28). The van der Waals surface area contributed by atoms with E-state index in [1.54, 1.807) is 25.1 Å². The fraction of sp³-hybridized carbons (Fsp3) is 0.167. The van der Waals surface area contributed by atoms with Crippen molar-refractivity contribution in [1.82, 2.24) is 0 Å². The molecular weight excluding hydrogens is 480 g/mol. The summed E-state index contributed by atoms with van der Waals surface area (Å²) in [5.74, 6) is -0.647. The molecule has 8 nitrogen and oxygen atoms in total. The van der Waals surface area contributed by atoms with Crippen LogP contribution in [0.1, 0.15) is 15.9 Å². The highest BCUT2D eigenvalue weighted by atomic mass is 35.5. The number of anilines is 2. The Kier molecular flexibility index (Phi) is 7.80. The van der Waals surface area contributed by atoms with Gasteiger partial charge in [-0.1, -0.05) is 17.7 Å². The molecule has 0 fully saturated rings. The van der Waals surface area contributed by atoms with Crippen molar-refractivity contribution in [3.05, 3.63) is 82.9 Å². The lowest BCUT2D eigenvalue weighted by molar-refractivity contribution is -0.114. The van der Waals surface area contributed by atoms with Crippen molar-refractivity contribution in [3.63, 3.8) is 0 Å². The molecule has 0 unspecified atom stereocenters. The molecule has 0 bridgehead atoms. The maximum Gasteiger partial charge on any atom is 0.338 e. The van der Waals surface area contributed by atoms with Gasteiger partial charge in [-0.3, -0.25) is 9.10 Å². The molecule has 3 rings (SSSR count). The van der Waals surface area contributed by atoms with Gasteiger partial charge in [-0.05, 0) is 73.2 Å². The largest absolute Gasteiger partial charge is 0.497 e. The van der Waals surface area contributed by atoms with E-state index in [9.17, 15) is 18.0 Å². The van der Waals surface area contributed by atoms with E-state index in [2.05, 4.69) is 5.32 Å². The zero-order valence-electron chi connectivity index (χ0n) is 18.7. The lowest BCUT2D eigenvalue weighted by Crippen LogP contribution is -2.38. The number of sulfonamides is 1. The first kappa shape index (κ1) is 25.1. The van der Waals surface area contributed by atoms with E-state index in [-0.39, 0.29) is 10.6 Å². The van der Waals surface area contributed by atoms with Crippen LogP contribution in [0.15, 0.2) is 71.6 Å². The fourth-order valence-electron chi connectivity index (χ4n) is 3.22. The third-order valence-corrected chi connectivity index (χ3v) is 7.10. The second kappa shape index (κ2) is 10.6. The van der Waals surface area contributed by atoms with Crippen LogP contribution in [0, 0.1) is 6.92 Å². The second-order valence-corrected chi connectivity index (χ2v) is 9.48. The first-order chi connectivity index (χ1) is 16.2. The minimum atomic E-state index is -4.12. The Morgan fingerprint density at radius 1 is 0.971 bits per heavy atom.